The number of rotatable bonds is 4. The molecule has 0 spiro atoms. The molecule has 5 aromatic rings. The fourth-order valence-corrected chi connectivity index (χ4v) is 8.90. The highest BCUT2D eigenvalue weighted by molar-refractivity contribution is 5.98. The number of alkyl halides is 1. The van der Waals surface area contributed by atoms with Crippen molar-refractivity contribution < 1.29 is 18.4 Å². The summed E-state index contributed by atoms with van der Waals surface area (Å²) in [4.78, 5) is 43.6. The highest BCUT2D eigenvalue weighted by Crippen LogP contribution is 2.44. The zero-order chi connectivity index (χ0) is 35.7. The van der Waals surface area contributed by atoms with E-state index in [1.165, 1.54) is 12.3 Å². The number of likely N-dealkylation sites (tertiary alicyclic amines) is 1. The SMILES string of the molecule is C[C@H]1NC(=O)[C@](F)(c2ccccn2)CCCCCCn2c(-c3nc4cc(C(=O)N5C[C@H](N)[C@@H]6CC[C@H]5C6)cc(F)c4n3C3CC3)cc3ccc1nc32. The topological polar surface area (TPSA) is 124 Å². The average Bonchev–Trinajstić information content (AvgIpc) is 3.61. The summed E-state index contributed by atoms with van der Waals surface area (Å²) in [5, 5.41) is 3.78. The third kappa shape index (κ3) is 5.57. The van der Waals surface area contributed by atoms with Crippen LogP contribution in [0.3, 0.4) is 0 Å². The maximum absolute atomic E-state index is 16.6. The molecule has 4 bridgehead atoms. The van der Waals surface area contributed by atoms with E-state index in [0.29, 0.717) is 53.5 Å². The van der Waals surface area contributed by atoms with Gasteiger partial charge in [0.25, 0.3) is 11.8 Å². The summed E-state index contributed by atoms with van der Waals surface area (Å²) in [5.74, 6) is -0.252. The van der Waals surface area contributed by atoms with E-state index < -0.39 is 23.4 Å². The standard InChI is InChI=1S/C40H44F2N8O2/c1-23-31-14-10-25-21-33(48(36(25)46-31)17-7-3-2-5-15-40(42,39(52)45-23)34-8-4-6-16-44-34)37-47-32-20-26(19-29(41)35(32)50(37)27-12-13-27)38(51)49-22-30(43)24-9-11-28(49)18-24/h4,6,8,10,14,16,19-21,23-24,27-28,30H,2-3,5,7,9,11-13,15,17-18,22,43H2,1H3,(H,45,52)/t23-,24-,28+,30+,40-/m1/s1. The number of nitrogens with two attached hydrogens (primary N) is 1. The number of carbonyl (C=O) groups excluding carboxylic acids is 2. The number of aromatic nitrogens is 5. The number of fused-ring (bicyclic) bond motifs is 4. The van der Waals surface area contributed by atoms with Gasteiger partial charge in [-0.3, -0.25) is 14.6 Å². The monoisotopic (exact) mass is 706 g/mol. The van der Waals surface area contributed by atoms with Crippen LogP contribution >= 0.6 is 0 Å². The van der Waals surface area contributed by atoms with E-state index in [4.69, 9.17) is 15.7 Å². The van der Waals surface area contributed by atoms with E-state index in [9.17, 15) is 9.59 Å². The minimum absolute atomic E-state index is 0.0300. The van der Waals surface area contributed by atoms with Crippen molar-refractivity contribution in [2.24, 2.45) is 11.7 Å². The molecule has 270 valence electrons. The molecule has 6 heterocycles. The van der Waals surface area contributed by atoms with Crippen LogP contribution in [0, 0.1) is 11.7 Å². The predicted octanol–water partition coefficient (Wildman–Crippen LogP) is 6.88. The van der Waals surface area contributed by atoms with Crippen LogP contribution in [-0.2, 0) is 17.0 Å². The molecule has 4 aliphatic rings. The Labute approximate surface area is 300 Å². The van der Waals surface area contributed by atoms with Crippen molar-refractivity contribution in [1.29, 1.82) is 0 Å². The number of nitrogens with zero attached hydrogens (tertiary/aromatic N) is 6. The van der Waals surface area contributed by atoms with Crippen molar-refractivity contribution in [2.45, 2.75) is 108 Å². The molecule has 3 fully saturated rings. The van der Waals surface area contributed by atoms with Crippen molar-refractivity contribution in [3.63, 3.8) is 0 Å². The lowest BCUT2D eigenvalue weighted by Gasteiger charge is -2.37. The van der Waals surface area contributed by atoms with E-state index in [1.807, 2.05) is 28.5 Å². The highest BCUT2D eigenvalue weighted by atomic mass is 19.1. The lowest BCUT2D eigenvalue weighted by molar-refractivity contribution is -0.135. The molecule has 10 nitrogen and oxygen atoms in total. The number of pyridine rings is 2. The van der Waals surface area contributed by atoms with Crippen molar-refractivity contribution in [2.75, 3.05) is 6.54 Å². The molecular formula is C40H44F2N8O2. The molecule has 2 aliphatic carbocycles. The number of imidazole rings is 1. The Balaban J connectivity index is 1.11. The van der Waals surface area contributed by atoms with Crippen LogP contribution in [0.4, 0.5) is 8.78 Å². The Morgan fingerprint density at radius 2 is 1.83 bits per heavy atom. The Kier molecular flexibility index (Phi) is 8.13. The first kappa shape index (κ1) is 33.1. The van der Waals surface area contributed by atoms with Gasteiger partial charge >= 0.3 is 0 Å². The lowest BCUT2D eigenvalue weighted by Crippen LogP contribution is -2.51. The second kappa shape index (κ2) is 12.8. The van der Waals surface area contributed by atoms with Gasteiger partial charge in [-0.2, -0.15) is 0 Å². The van der Waals surface area contributed by atoms with Crippen molar-refractivity contribution >= 4 is 33.9 Å². The van der Waals surface area contributed by atoms with E-state index in [1.54, 1.807) is 24.3 Å². The van der Waals surface area contributed by atoms with Crippen LogP contribution in [0.5, 0.6) is 0 Å². The van der Waals surface area contributed by atoms with Crippen molar-refractivity contribution in [3.8, 4) is 11.5 Å². The molecule has 2 amide bonds. The van der Waals surface area contributed by atoms with Crippen LogP contribution < -0.4 is 11.1 Å². The summed E-state index contributed by atoms with van der Waals surface area (Å²) in [5.41, 5.74) is 7.62. The smallest absolute Gasteiger partial charge is 0.264 e. The summed E-state index contributed by atoms with van der Waals surface area (Å²) in [6, 6.07) is 13.6. The number of nitrogens with one attached hydrogen (secondary N) is 1. The van der Waals surface area contributed by atoms with Gasteiger partial charge in [-0.25, -0.2) is 18.7 Å². The lowest BCUT2D eigenvalue weighted by atomic mass is 9.92. The minimum atomic E-state index is -2.25. The normalized spacial score (nSPS) is 26.9. The summed E-state index contributed by atoms with van der Waals surface area (Å²) < 4.78 is 37.0. The largest absolute Gasteiger partial charge is 0.345 e. The molecule has 1 aromatic carbocycles. The quantitative estimate of drug-likeness (QED) is 0.210. The summed E-state index contributed by atoms with van der Waals surface area (Å²) in [7, 11) is 0. The average molecular weight is 707 g/mol. The number of benzene rings is 1. The molecule has 0 radical (unpaired) electrons. The zero-order valence-electron chi connectivity index (χ0n) is 29.4. The molecule has 2 aliphatic heterocycles. The van der Waals surface area contributed by atoms with Gasteiger partial charge in [0.15, 0.2) is 5.82 Å². The molecule has 12 heteroatoms. The summed E-state index contributed by atoms with van der Waals surface area (Å²) >= 11 is 0. The Bertz CT molecular complexity index is 2200. The van der Waals surface area contributed by atoms with E-state index in [2.05, 4.69) is 20.9 Å². The number of hydrogen-bond acceptors (Lipinski definition) is 6. The molecule has 1 saturated heterocycles. The van der Waals surface area contributed by atoms with Crippen molar-refractivity contribution in [3.05, 3.63) is 77.5 Å². The molecule has 3 N–H and O–H groups in total. The Hall–Kier alpha value is -4.71. The molecule has 0 unspecified atom stereocenters. The van der Waals surface area contributed by atoms with Crippen LogP contribution in [0.2, 0.25) is 0 Å². The molecule has 4 aromatic heterocycles. The second-order valence-electron chi connectivity index (χ2n) is 15.4. The first-order chi connectivity index (χ1) is 25.2. The number of piperidine rings is 1. The van der Waals surface area contributed by atoms with Crippen LogP contribution in [0.1, 0.15) is 105 Å². The fraction of sp³-hybridized carbons (Fsp3) is 0.475. The van der Waals surface area contributed by atoms with Crippen LogP contribution in [0.15, 0.2) is 54.7 Å². The number of aryl methyl sites for hydroxylation is 1. The Morgan fingerprint density at radius 3 is 2.63 bits per heavy atom. The molecule has 52 heavy (non-hydrogen) atoms. The minimum Gasteiger partial charge on any atom is -0.345 e. The van der Waals surface area contributed by atoms with Gasteiger partial charge in [0.05, 0.1) is 28.6 Å². The predicted molar refractivity (Wildman–Crippen MR) is 193 cm³/mol. The van der Waals surface area contributed by atoms with Gasteiger partial charge in [-0.1, -0.05) is 18.9 Å². The van der Waals surface area contributed by atoms with Crippen LogP contribution in [-0.4, -0.2) is 59.4 Å². The first-order valence-electron chi connectivity index (χ1n) is 18.9. The van der Waals surface area contributed by atoms with Gasteiger partial charge in [-0.15, -0.1) is 0 Å². The van der Waals surface area contributed by atoms with E-state index >= 15 is 8.78 Å². The van der Waals surface area contributed by atoms with E-state index in [-0.39, 0.29) is 36.1 Å². The van der Waals surface area contributed by atoms with Gasteiger partial charge in [0, 0.05) is 48.4 Å². The third-order valence-corrected chi connectivity index (χ3v) is 11.9. The van der Waals surface area contributed by atoms with Crippen LogP contribution in [0.25, 0.3) is 33.6 Å². The van der Waals surface area contributed by atoms with Gasteiger partial charge in [-0.05, 0) is 107 Å². The maximum Gasteiger partial charge on any atom is 0.264 e. The maximum atomic E-state index is 16.6. The second-order valence-corrected chi connectivity index (χ2v) is 15.4. The third-order valence-electron chi connectivity index (χ3n) is 11.9. The van der Waals surface area contributed by atoms with E-state index in [0.717, 1.165) is 68.1 Å². The number of carbonyl (C=O) groups is 2. The molecular weight excluding hydrogens is 662 g/mol. The summed E-state index contributed by atoms with van der Waals surface area (Å²) in [6.45, 7) is 2.93. The zero-order valence-corrected chi connectivity index (χ0v) is 29.4. The number of amides is 2. The van der Waals surface area contributed by atoms with Gasteiger partial charge in [0.2, 0.25) is 5.67 Å². The highest BCUT2D eigenvalue weighted by Gasteiger charge is 2.43. The molecule has 9 rings (SSSR count). The first-order valence-corrected chi connectivity index (χ1v) is 18.9. The number of hydrogen-bond donors (Lipinski definition) is 2. The fourth-order valence-electron chi connectivity index (χ4n) is 8.90. The van der Waals surface area contributed by atoms with Gasteiger partial charge in [0.1, 0.15) is 17.0 Å². The van der Waals surface area contributed by atoms with Crippen molar-refractivity contribution in [1.82, 2.24) is 34.3 Å². The summed E-state index contributed by atoms with van der Waals surface area (Å²) in [6.07, 6.45) is 9.12. The molecule has 2 saturated carbocycles. The Morgan fingerprint density at radius 1 is 1.00 bits per heavy atom. The molecule has 5 atom stereocenters. The number of halogens is 2. The van der Waals surface area contributed by atoms with Gasteiger partial charge < -0.3 is 25.1 Å².